The fourth-order valence-corrected chi connectivity index (χ4v) is 2.99. The van der Waals surface area contributed by atoms with Crippen LogP contribution in [-0.2, 0) is 0 Å². The van der Waals surface area contributed by atoms with Gasteiger partial charge in [-0.05, 0) is 59.5 Å². The Morgan fingerprint density at radius 3 is 2.86 bits per heavy atom. The van der Waals surface area contributed by atoms with E-state index < -0.39 is 0 Å². The predicted octanol–water partition coefficient (Wildman–Crippen LogP) is 4.23. The molecule has 3 nitrogen and oxygen atoms in total. The fraction of sp³-hybridized carbons (Fsp3) is 0.353. The monoisotopic (exact) mass is 345 g/mol. The normalized spacial score (nSPS) is 18.6. The summed E-state index contributed by atoms with van der Waals surface area (Å²) in [7, 11) is 0. The number of halogens is 1. The maximum atomic E-state index is 4.56. The Balaban J connectivity index is 1.69. The van der Waals surface area contributed by atoms with E-state index in [0.717, 1.165) is 23.4 Å². The third kappa shape index (κ3) is 3.56. The first-order chi connectivity index (χ1) is 10.2. The van der Waals surface area contributed by atoms with Gasteiger partial charge in [0.25, 0.3) is 0 Å². The SMILES string of the molecule is Cc1cc(N2CCCC(Nc3ccccc3)C2)ncc1Br. The molecule has 0 bridgehead atoms. The van der Waals surface area contributed by atoms with Crippen LogP contribution in [0.5, 0.6) is 0 Å². The van der Waals surface area contributed by atoms with Gasteiger partial charge in [0.05, 0.1) is 0 Å². The van der Waals surface area contributed by atoms with E-state index in [4.69, 9.17) is 0 Å². The van der Waals surface area contributed by atoms with Gasteiger partial charge >= 0.3 is 0 Å². The van der Waals surface area contributed by atoms with Gasteiger partial charge in [-0.25, -0.2) is 4.98 Å². The van der Waals surface area contributed by atoms with Crippen LogP contribution in [0.15, 0.2) is 47.1 Å². The molecular formula is C17H20BrN3. The second-order valence-electron chi connectivity index (χ2n) is 5.59. The summed E-state index contributed by atoms with van der Waals surface area (Å²) < 4.78 is 1.07. The van der Waals surface area contributed by atoms with Crippen LogP contribution in [0, 0.1) is 6.92 Å². The zero-order valence-electron chi connectivity index (χ0n) is 12.2. The standard InChI is InChI=1S/C17H20BrN3/c1-13-10-17(19-11-16(13)18)21-9-5-8-15(12-21)20-14-6-3-2-4-7-14/h2-4,6-7,10-11,15,20H,5,8-9,12H2,1H3. The van der Waals surface area contributed by atoms with E-state index in [1.54, 1.807) is 0 Å². The molecule has 1 aliphatic rings. The Bertz CT molecular complexity index is 600. The van der Waals surface area contributed by atoms with Gasteiger partial charge in [0.1, 0.15) is 5.82 Å². The van der Waals surface area contributed by atoms with Crippen LogP contribution in [0.4, 0.5) is 11.5 Å². The zero-order valence-corrected chi connectivity index (χ0v) is 13.8. The number of hydrogen-bond donors (Lipinski definition) is 1. The number of rotatable bonds is 3. The summed E-state index contributed by atoms with van der Waals surface area (Å²) >= 11 is 3.52. The molecule has 0 radical (unpaired) electrons. The number of aromatic nitrogens is 1. The van der Waals surface area contributed by atoms with Crippen molar-refractivity contribution in [3.63, 3.8) is 0 Å². The first kappa shape index (κ1) is 14.4. The van der Waals surface area contributed by atoms with Crippen molar-refractivity contribution in [2.45, 2.75) is 25.8 Å². The second kappa shape index (κ2) is 6.48. The third-order valence-corrected chi connectivity index (χ3v) is 4.75. The van der Waals surface area contributed by atoms with Crippen LogP contribution in [0.2, 0.25) is 0 Å². The number of nitrogens with one attached hydrogen (secondary N) is 1. The summed E-state index contributed by atoms with van der Waals surface area (Å²) in [4.78, 5) is 6.93. The Morgan fingerprint density at radius 2 is 2.10 bits per heavy atom. The largest absolute Gasteiger partial charge is 0.381 e. The van der Waals surface area contributed by atoms with Crippen molar-refractivity contribution in [1.29, 1.82) is 0 Å². The highest BCUT2D eigenvalue weighted by atomic mass is 79.9. The Hall–Kier alpha value is -1.55. The molecule has 1 N–H and O–H groups in total. The van der Waals surface area contributed by atoms with Crippen molar-refractivity contribution >= 4 is 27.4 Å². The molecule has 1 aromatic heterocycles. The van der Waals surface area contributed by atoms with Crippen molar-refractivity contribution < 1.29 is 0 Å². The maximum Gasteiger partial charge on any atom is 0.128 e. The van der Waals surface area contributed by atoms with Crippen LogP contribution < -0.4 is 10.2 Å². The molecule has 110 valence electrons. The molecule has 0 saturated carbocycles. The Morgan fingerprint density at radius 1 is 1.29 bits per heavy atom. The summed E-state index contributed by atoms with van der Waals surface area (Å²) in [6, 6.07) is 13.1. The zero-order chi connectivity index (χ0) is 14.7. The van der Waals surface area contributed by atoms with Gasteiger partial charge in [-0.1, -0.05) is 18.2 Å². The number of para-hydroxylation sites is 1. The summed E-state index contributed by atoms with van der Waals surface area (Å²) in [5.41, 5.74) is 2.43. The number of aryl methyl sites for hydroxylation is 1. The van der Waals surface area contributed by atoms with E-state index in [9.17, 15) is 0 Å². The second-order valence-corrected chi connectivity index (χ2v) is 6.44. The molecule has 0 spiro atoms. The Labute approximate surface area is 134 Å². The fourth-order valence-electron chi connectivity index (χ4n) is 2.77. The van der Waals surface area contributed by atoms with Gasteiger partial charge in [0.2, 0.25) is 0 Å². The van der Waals surface area contributed by atoms with Crippen LogP contribution >= 0.6 is 15.9 Å². The predicted molar refractivity (Wildman–Crippen MR) is 92.0 cm³/mol. The lowest BCUT2D eigenvalue weighted by atomic mass is 10.0. The van der Waals surface area contributed by atoms with Gasteiger partial charge in [-0.2, -0.15) is 0 Å². The molecule has 1 aliphatic heterocycles. The molecule has 1 unspecified atom stereocenters. The van der Waals surface area contributed by atoms with Gasteiger partial charge in [-0.3, -0.25) is 0 Å². The van der Waals surface area contributed by atoms with Crippen LogP contribution in [-0.4, -0.2) is 24.1 Å². The molecule has 1 saturated heterocycles. The smallest absolute Gasteiger partial charge is 0.128 e. The van der Waals surface area contributed by atoms with Crippen molar-refractivity contribution in [3.05, 3.63) is 52.6 Å². The minimum atomic E-state index is 0.479. The van der Waals surface area contributed by atoms with Crippen LogP contribution in [0.1, 0.15) is 18.4 Å². The van der Waals surface area contributed by atoms with E-state index in [1.165, 1.54) is 24.1 Å². The van der Waals surface area contributed by atoms with E-state index in [-0.39, 0.29) is 0 Å². The lowest BCUT2D eigenvalue weighted by Crippen LogP contribution is -2.42. The van der Waals surface area contributed by atoms with Gasteiger partial charge in [0.15, 0.2) is 0 Å². The lowest BCUT2D eigenvalue weighted by molar-refractivity contribution is 0.526. The molecule has 1 fully saturated rings. The Kier molecular flexibility index (Phi) is 4.44. The minimum Gasteiger partial charge on any atom is -0.381 e. The van der Waals surface area contributed by atoms with Gasteiger partial charge in [-0.15, -0.1) is 0 Å². The summed E-state index contributed by atoms with van der Waals surface area (Å²) in [6.45, 7) is 4.20. The number of benzene rings is 1. The molecule has 3 rings (SSSR count). The summed E-state index contributed by atoms with van der Waals surface area (Å²) in [5, 5.41) is 3.63. The highest BCUT2D eigenvalue weighted by Crippen LogP contribution is 2.24. The molecule has 4 heteroatoms. The number of anilines is 2. The first-order valence-corrected chi connectivity index (χ1v) is 8.20. The average molecular weight is 346 g/mol. The molecule has 1 atom stereocenters. The number of pyridine rings is 1. The number of piperidine rings is 1. The van der Waals surface area contributed by atoms with Gasteiger partial charge in [0, 0.05) is 35.5 Å². The topological polar surface area (TPSA) is 28.2 Å². The van der Waals surface area contributed by atoms with Crippen molar-refractivity contribution in [1.82, 2.24) is 4.98 Å². The van der Waals surface area contributed by atoms with Crippen molar-refractivity contribution in [2.75, 3.05) is 23.3 Å². The molecule has 0 aliphatic carbocycles. The lowest BCUT2D eigenvalue weighted by Gasteiger charge is -2.34. The molecule has 1 aromatic carbocycles. The van der Waals surface area contributed by atoms with Crippen molar-refractivity contribution in [3.8, 4) is 0 Å². The minimum absolute atomic E-state index is 0.479. The van der Waals surface area contributed by atoms with E-state index in [2.05, 4.69) is 68.4 Å². The highest BCUT2D eigenvalue weighted by molar-refractivity contribution is 9.10. The maximum absolute atomic E-state index is 4.56. The van der Waals surface area contributed by atoms with E-state index in [0.29, 0.717) is 6.04 Å². The first-order valence-electron chi connectivity index (χ1n) is 7.41. The van der Waals surface area contributed by atoms with E-state index >= 15 is 0 Å². The van der Waals surface area contributed by atoms with Crippen molar-refractivity contribution in [2.24, 2.45) is 0 Å². The summed E-state index contributed by atoms with van der Waals surface area (Å²) in [5.74, 6) is 1.08. The highest BCUT2D eigenvalue weighted by Gasteiger charge is 2.21. The van der Waals surface area contributed by atoms with Gasteiger partial charge < -0.3 is 10.2 Å². The number of nitrogens with zero attached hydrogens (tertiary/aromatic N) is 2. The average Bonchev–Trinajstić information content (AvgIpc) is 2.51. The van der Waals surface area contributed by atoms with Crippen LogP contribution in [0.3, 0.4) is 0 Å². The molecule has 2 aromatic rings. The molecule has 21 heavy (non-hydrogen) atoms. The number of hydrogen-bond acceptors (Lipinski definition) is 3. The summed E-state index contributed by atoms with van der Waals surface area (Å²) in [6.07, 6.45) is 4.31. The quantitative estimate of drug-likeness (QED) is 0.901. The third-order valence-electron chi connectivity index (χ3n) is 3.92. The molecule has 0 amide bonds. The molecule has 2 heterocycles. The van der Waals surface area contributed by atoms with Crippen LogP contribution in [0.25, 0.3) is 0 Å². The van der Waals surface area contributed by atoms with E-state index in [1.807, 2.05) is 12.3 Å². The molecular weight excluding hydrogens is 326 g/mol.